The van der Waals surface area contributed by atoms with Crippen molar-refractivity contribution in [2.24, 2.45) is 0 Å². The molecule has 384 valence electrons. The Kier molecular flexibility index (Phi) is 21.4. The van der Waals surface area contributed by atoms with E-state index in [2.05, 4.69) is 159 Å². The van der Waals surface area contributed by atoms with Crippen LogP contribution in [0, 0.1) is 0 Å². The Bertz CT molecular complexity index is 2640. The van der Waals surface area contributed by atoms with Gasteiger partial charge in [-0.05, 0) is 129 Å². The maximum Gasteiger partial charge on any atom is 0.331 e. The summed E-state index contributed by atoms with van der Waals surface area (Å²) in [5, 5.41) is 0. The number of carbonyl (C=O) groups is 2. The highest BCUT2D eigenvalue weighted by Crippen LogP contribution is 2.53. The van der Waals surface area contributed by atoms with E-state index in [1.165, 1.54) is 145 Å². The zero-order valence-corrected chi connectivity index (χ0v) is 44.4. The predicted octanol–water partition coefficient (Wildman–Crippen LogP) is 18.1. The van der Waals surface area contributed by atoms with E-state index in [-0.39, 0.29) is 5.41 Å². The number of unbranched alkanes of at least 4 members (excludes halogenated alkanes) is 15. The molecule has 1 aliphatic rings. The van der Waals surface area contributed by atoms with Gasteiger partial charge in [-0.1, -0.05) is 214 Å². The molecule has 73 heavy (non-hydrogen) atoms. The first-order valence-corrected chi connectivity index (χ1v) is 27.7. The van der Waals surface area contributed by atoms with E-state index < -0.39 is 11.9 Å². The van der Waals surface area contributed by atoms with Gasteiger partial charge in [-0.25, -0.2) is 9.59 Å². The van der Waals surface area contributed by atoms with Crippen LogP contribution in [0.4, 0.5) is 0 Å². The number of rotatable bonds is 31. The average Bonchev–Trinajstić information content (AvgIpc) is 3.67. The van der Waals surface area contributed by atoms with Crippen molar-refractivity contribution < 1.29 is 28.5 Å². The molecule has 0 amide bonds. The Morgan fingerprint density at radius 2 is 0.726 bits per heavy atom. The van der Waals surface area contributed by atoms with E-state index in [0.29, 0.717) is 13.2 Å². The zero-order valence-electron chi connectivity index (χ0n) is 44.4. The molecule has 0 heterocycles. The normalized spacial score (nSPS) is 13.7. The molecule has 0 saturated carbocycles. The molecule has 0 N–H and O–H groups in total. The lowest BCUT2D eigenvalue weighted by Gasteiger charge is -2.28. The largest absolute Gasteiger partial charge is 0.494 e. The second-order valence-electron chi connectivity index (χ2n) is 20.2. The molecule has 6 nitrogen and oxygen atoms in total. The van der Waals surface area contributed by atoms with Crippen LogP contribution in [0.3, 0.4) is 0 Å². The van der Waals surface area contributed by atoms with E-state index in [9.17, 15) is 9.59 Å². The molecule has 7 rings (SSSR count). The summed E-state index contributed by atoms with van der Waals surface area (Å²) in [6, 6.07) is 49.6. The fourth-order valence-corrected chi connectivity index (χ4v) is 10.3. The van der Waals surface area contributed by atoms with Crippen LogP contribution in [0.2, 0.25) is 0 Å². The third-order valence-corrected chi connectivity index (χ3v) is 14.7. The third kappa shape index (κ3) is 15.8. The van der Waals surface area contributed by atoms with Gasteiger partial charge >= 0.3 is 11.9 Å². The summed E-state index contributed by atoms with van der Waals surface area (Å²) in [6.45, 7) is 8.88. The maximum atomic E-state index is 11.6. The summed E-state index contributed by atoms with van der Waals surface area (Å²) in [7, 11) is 1.27. The molecule has 0 aliphatic heterocycles. The monoisotopic (exact) mass is 981 g/mol. The fraction of sp³-hybridized carbons (Fsp3) is 0.403. The summed E-state index contributed by atoms with van der Waals surface area (Å²) in [5.74, 6) is 0.740. The lowest BCUT2D eigenvalue weighted by molar-refractivity contribution is -0.139. The molecule has 0 radical (unpaired) electrons. The van der Waals surface area contributed by atoms with Crippen molar-refractivity contribution in [1.29, 1.82) is 0 Å². The molecule has 0 saturated heterocycles. The fourth-order valence-electron chi connectivity index (χ4n) is 10.3. The standard InChI is InChI=1S/C67H80O6/c1-5-7-9-11-15-19-45-67(3)63-49-57(55-27-23-51(24-28-55)53-31-37-59(38-32-53)71-46-20-16-12-10-8-6-2)35-41-61(63)62-42-36-58(50-64(62)67)56-29-25-52(26-30-56)54-33-39-60(40-34-54)72-47-21-17-13-14-18-22-48-73-66(69)44-43-65(68)70-4/h23-44,49-50H,5-22,45-48H2,1-4H3/b44-43+. The van der Waals surface area contributed by atoms with Gasteiger partial charge in [0, 0.05) is 17.6 Å². The Balaban J connectivity index is 0.940. The van der Waals surface area contributed by atoms with Crippen molar-refractivity contribution >= 4 is 11.9 Å². The number of benzene rings is 6. The number of carbonyl (C=O) groups excluding carboxylic acids is 2. The molecule has 6 aromatic rings. The number of ether oxygens (including phenoxy) is 4. The van der Waals surface area contributed by atoms with Crippen molar-refractivity contribution in [2.75, 3.05) is 26.9 Å². The van der Waals surface area contributed by atoms with Gasteiger partial charge in [-0.15, -0.1) is 0 Å². The first-order chi connectivity index (χ1) is 35.8. The van der Waals surface area contributed by atoms with Crippen LogP contribution in [-0.2, 0) is 24.5 Å². The van der Waals surface area contributed by atoms with Crippen LogP contribution >= 0.6 is 0 Å². The smallest absolute Gasteiger partial charge is 0.331 e. The number of hydrogen-bond acceptors (Lipinski definition) is 6. The Morgan fingerprint density at radius 1 is 0.397 bits per heavy atom. The van der Waals surface area contributed by atoms with Crippen LogP contribution < -0.4 is 9.47 Å². The van der Waals surface area contributed by atoms with Gasteiger partial charge in [-0.3, -0.25) is 0 Å². The van der Waals surface area contributed by atoms with Crippen molar-refractivity contribution in [2.45, 2.75) is 148 Å². The van der Waals surface area contributed by atoms with Crippen molar-refractivity contribution in [1.82, 2.24) is 0 Å². The highest BCUT2D eigenvalue weighted by molar-refractivity contribution is 5.91. The Hall–Kier alpha value is -6.40. The highest BCUT2D eigenvalue weighted by Gasteiger charge is 2.39. The van der Waals surface area contributed by atoms with Gasteiger partial charge in [-0.2, -0.15) is 0 Å². The molecular formula is C67H80O6. The second kappa shape index (κ2) is 28.7. The Labute approximate surface area is 437 Å². The van der Waals surface area contributed by atoms with E-state index in [0.717, 1.165) is 81.6 Å². The SMILES string of the molecule is CCCCCCCCOc1ccc(-c2ccc(-c3ccc4c(c3)C(C)(CCCCCCCC)c3cc(-c5ccc(-c6ccc(OCCCCCCCCOC(=O)/C=C/C(=O)OC)cc6)cc5)ccc3-4)cc2)cc1. The van der Waals surface area contributed by atoms with E-state index >= 15 is 0 Å². The molecule has 1 aliphatic carbocycles. The Morgan fingerprint density at radius 3 is 1.14 bits per heavy atom. The molecule has 6 heteroatoms. The van der Waals surface area contributed by atoms with Gasteiger partial charge in [0.2, 0.25) is 0 Å². The minimum atomic E-state index is -0.574. The van der Waals surface area contributed by atoms with Gasteiger partial charge in [0.25, 0.3) is 0 Å². The molecule has 0 bridgehead atoms. The van der Waals surface area contributed by atoms with Crippen LogP contribution in [0.25, 0.3) is 55.6 Å². The third-order valence-electron chi connectivity index (χ3n) is 14.7. The van der Waals surface area contributed by atoms with Crippen molar-refractivity contribution in [3.8, 4) is 67.1 Å². The highest BCUT2D eigenvalue weighted by atomic mass is 16.5. The minimum absolute atomic E-state index is 0.0858. The van der Waals surface area contributed by atoms with Crippen molar-refractivity contribution in [3.05, 3.63) is 157 Å². The summed E-state index contributed by atoms with van der Waals surface area (Å²) in [5.41, 5.74) is 15.3. The first kappa shape index (κ1) is 54.4. The summed E-state index contributed by atoms with van der Waals surface area (Å²) < 4.78 is 21.8. The molecule has 0 spiro atoms. The van der Waals surface area contributed by atoms with Crippen LogP contribution in [0.1, 0.15) is 154 Å². The molecule has 0 aromatic heterocycles. The van der Waals surface area contributed by atoms with E-state index in [1.807, 2.05) is 0 Å². The molecule has 1 atom stereocenters. The molecular weight excluding hydrogens is 901 g/mol. The summed E-state index contributed by atoms with van der Waals surface area (Å²) in [6.07, 6.45) is 24.7. The quantitative estimate of drug-likeness (QED) is 0.0246. The van der Waals surface area contributed by atoms with E-state index in [4.69, 9.17) is 14.2 Å². The van der Waals surface area contributed by atoms with Crippen molar-refractivity contribution in [3.63, 3.8) is 0 Å². The topological polar surface area (TPSA) is 71.1 Å². The van der Waals surface area contributed by atoms with Gasteiger partial charge in [0.15, 0.2) is 0 Å². The number of esters is 2. The summed E-state index contributed by atoms with van der Waals surface area (Å²) >= 11 is 0. The van der Waals surface area contributed by atoms with Crippen LogP contribution in [0.15, 0.2) is 146 Å². The maximum absolute atomic E-state index is 11.6. The van der Waals surface area contributed by atoms with Crippen LogP contribution in [0.5, 0.6) is 11.5 Å². The molecule has 6 aromatic carbocycles. The van der Waals surface area contributed by atoms with Crippen LogP contribution in [-0.4, -0.2) is 38.9 Å². The lowest BCUT2D eigenvalue weighted by atomic mass is 9.75. The van der Waals surface area contributed by atoms with E-state index in [1.54, 1.807) is 0 Å². The molecule has 0 fully saturated rings. The van der Waals surface area contributed by atoms with Gasteiger partial charge < -0.3 is 18.9 Å². The minimum Gasteiger partial charge on any atom is -0.494 e. The predicted molar refractivity (Wildman–Crippen MR) is 302 cm³/mol. The molecule has 1 unspecified atom stereocenters. The van der Waals surface area contributed by atoms with Gasteiger partial charge in [0.1, 0.15) is 11.5 Å². The zero-order chi connectivity index (χ0) is 51.1. The second-order valence-corrected chi connectivity index (χ2v) is 20.2. The van der Waals surface area contributed by atoms with Gasteiger partial charge in [0.05, 0.1) is 26.9 Å². The average molecular weight is 981 g/mol. The summed E-state index contributed by atoms with van der Waals surface area (Å²) in [4.78, 5) is 22.7. The number of hydrogen-bond donors (Lipinski definition) is 0. The number of fused-ring (bicyclic) bond motifs is 3. The lowest BCUT2D eigenvalue weighted by Crippen LogP contribution is -2.20. The first-order valence-electron chi connectivity index (χ1n) is 27.7. The number of methoxy groups -OCH3 is 1.